The molecule has 1 aromatic rings. The van der Waals surface area contributed by atoms with Gasteiger partial charge in [-0.3, -0.25) is 0 Å². The number of rotatable bonds is 4. The van der Waals surface area contributed by atoms with Gasteiger partial charge in [0.2, 0.25) is 0 Å². The van der Waals surface area contributed by atoms with Crippen LogP contribution >= 0.6 is 0 Å². The van der Waals surface area contributed by atoms with Gasteiger partial charge in [0.25, 0.3) is 0 Å². The minimum atomic E-state index is -3.42. The zero-order chi connectivity index (χ0) is 10.9. The first-order valence-electron chi connectivity index (χ1n) is 5.41. The van der Waals surface area contributed by atoms with Crippen molar-refractivity contribution in [2.24, 2.45) is 0 Å². The molecular weight excluding hydrogens is 168 g/mol. The molecule has 0 N–H and O–H groups in total. The molecule has 1 aromatic carbocycles. The summed E-state index contributed by atoms with van der Waals surface area (Å²) in [5.41, 5.74) is 0. The lowest BCUT2D eigenvalue weighted by Crippen LogP contribution is -2.05. The van der Waals surface area contributed by atoms with Crippen LogP contribution in [-0.2, 0) is 4.74 Å². The standard InChI is InChI=1S/C9H12O2Si/c12-9-3-1-7(2-4-9)10-5-8-6-11-8/h1-4,8H,5-6H2,12H3/i12T3. The van der Waals surface area contributed by atoms with Crippen LogP contribution in [0.3, 0.4) is 0 Å². The molecule has 1 fully saturated rings. The third-order valence-corrected chi connectivity index (χ3v) is 2.03. The van der Waals surface area contributed by atoms with E-state index < -0.39 is 10.0 Å². The first-order valence-corrected chi connectivity index (χ1v) is 4.41. The second kappa shape index (κ2) is 3.29. The predicted octanol–water partition coefficient (Wildman–Crippen LogP) is -0.545. The molecule has 1 unspecified atom stereocenters. The van der Waals surface area contributed by atoms with E-state index in [1.54, 1.807) is 24.3 Å². The predicted molar refractivity (Wildman–Crippen MR) is 51.3 cm³/mol. The summed E-state index contributed by atoms with van der Waals surface area (Å²) >= 11 is 0. The Morgan fingerprint density at radius 1 is 1.58 bits per heavy atom. The Balaban J connectivity index is 1.96. The number of ether oxygens (including phenoxy) is 2. The fourth-order valence-electron chi connectivity index (χ4n) is 0.905. The largest absolute Gasteiger partial charge is 0.491 e. The lowest BCUT2D eigenvalue weighted by molar-refractivity contribution is 0.263. The highest BCUT2D eigenvalue weighted by molar-refractivity contribution is 6.32. The summed E-state index contributed by atoms with van der Waals surface area (Å²) in [6, 6.07) is 6.67. The molecule has 2 rings (SSSR count). The van der Waals surface area contributed by atoms with E-state index in [9.17, 15) is 0 Å². The smallest absolute Gasteiger partial charge is 0.119 e. The van der Waals surface area contributed by atoms with Gasteiger partial charge in [-0.25, -0.2) is 0 Å². The van der Waals surface area contributed by atoms with Crippen molar-refractivity contribution in [1.82, 2.24) is 0 Å². The quantitative estimate of drug-likeness (QED) is 0.465. The molecule has 1 aliphatic heterocycles. The maximum atomic E-state index is 7.33. The molecule has 0 amide bonds. The number of hydrogen-bond acceptors (Lipinski definition) is 2. The van der Waals surface area contributed by atoms with Crippen molar-refractivity contribution in [3.8, 4) is 5.75 Å². The summed E-state index contributed by atoms with van der Waals surface area (Å²) in [5.74, 6) is 0.701. The molecule has 0 spiro atoms. The average Bonchev–Trinajstić information content (AvgIpc) is 2.97. The van der Waals surface area contributed by atoms with Gasteiger partial charge in [-0.1, -0.05) is 17.3 Å². The molecule has 64 valence electrons. The molecule has 0 radical (unpaired) electrons. The summed E-state index contributed by atoms with van der Waals surface area (Å²) < 4.78 is 32.4. The van der Waals surface area contributed by atoms with E-state index in [1.807, 2.05) is 0 Å². The number of hydrogen-bond donors (Lipinski definition) is 0. The Hall–Kier alpha value is -0.803. The van der Waals surface area contributed by atoms with Gasteiger partial charge in [-0.05, 0) is 12.1 Å². The number of epoxide rings is 1. The summed E-state index contributed by atoms with van der Waals surface area (Å²) in [6.07, 6.45) is 0.224. The van der Waals surface area contributed by atoms with Crippen molar-refractivity contribution in [1.29, 1.82) is 3.70 Å². The second-order valence-electron chi connectivity index (χ2n) is 2.79. The van der Waals surface area contributed by atoms with Crippen molar-refractivity contribution in [3.63, 3.8) is 0 Å². The van der Waals surface area contributed by atoms with E-state index in [0.717, 1.165) is 6.61 Å². The highest BCUT2D eigenvalue weighted by atomic mass is 28.1. The molecular formula is C9H12O2Si. The van der Waals surface area contributed by atoms with Gasteiger partial charge in [0.1, 0.15) is 18.5 Å². The molecule has 2 nitrogen and oxygen atoms in total. The van der Waals surface area contributed by atoms with Crippen LogP contribution in [0, 0.1) is 0 Å². The Morgan fingerprint density at radius 3 is 2.92 bits per heavy atom. The van der Waals surface area contributed by atoms with Gasteiger partial charge < -0.3 is 9.47 Å². The molecule has 0 aromatic heterocycles. The SMILES string of the molecule is [3H][Si]([3H])([3H])c1ccc(OCC2CO2)cc1. The van der Waals surface area contributed by atoms with Gasteiger partial charge in [0, 0.05) is 13.7 Å². The zero-order valence-corrected chi connectivity index (χ0v) is 7.62. The van der Waals surface area contributed by atoms with Crippen LogP contribution in [0.25, 0.3) is 0 Å². The van der Waals surface area contributed by atoms with Gasteiger partial charge >= 0.3 is 0 Å². The van der Waals surface area contributed by atoms with Crippen LogP contribution in [0.5, 0.6) is 5.75 Å². The van der Waals surface area contributed by atoms with Crippen LogP contribution in [0.4, 0.5) is 0 Å². The summed E-state index contributed by atoms with van der Waals surface area (Å²) in [5, 5.41) is 0.470. The van der Waals surface area contributed by atoms with E-state index in [1.165, 1.54) is 0 Å². The average molecular weight is 186 g/mol. The fraction of sp³-hybridized carbons (Fsp3) is 0.333. The zero-order valence-electron chi connectivity index (χ0n) is 9.62. The molecule has 1 heterocycles. The summed E-state index contributed by atoms with van der Waals surface area (Å²) in [7, 11) is -3.42. The highest BCUT2D eigenvalue weighted by Crippen LogP contribution is 2.13. The van der Waals surface area contributed by atoms with Gasteiger partial charge in [0.15, 0.2) is 0 Å². The minimum absolute atomic E-state index is 0.224. The fourth-order valence-corrected chi connectivity index (χ4v) is 1.07. The van der Waals surface area contributed by atoms with Crippen molar-refractivity contribution >= 4 is 15.2 Å². The first-order chi connectivity index (χ1) is 7.05. The maximum absolute atomic E-state index is 7.33. The van der Waals surface area contributed by atoms with Crippen molar-refractivity contribution in [3.05, 3.63) is 24.3 Å². The van der Waals surface area contributed by atoms with E-state index in [4.69, 9.17) is 13.2 Å². The normalized spacial score (nSPS) is 25.3. The monoisotopic (exact) mass is 186 g/mol. The highest BCUT2D eigenvalue weighted by Gasteiger charge is 2.22. The van der Waals surface area contributed by atoms with Crippen LogP contribution in [-0.4, -0.2) is 33.1 Å². The Morgan fingerprint density at radius 2 is 2.33 bits per heavy atom. The topological polar surface area (TPSA) is 21.8 Å². The lowest BCUT2D eigenvalue weighted by atomic mass is 10.3. The number of benzene rings is 1. The van der Waals surface area contributed by atoms with Crippen molar-refractivity contribution in [2.75, 3.05) is 13.2 Å². The minimum Gasteiger partial charge on any atom is -0.491 e. The maximum Gasteiger partial charge on any atom is 0.119 e. The third-order valence-electron chi connectivity index (χ3n) is 1.69. The van der Waals surface area contributed by atoms with Crippen molar-refractivity contribution < 1.29 is 9.47 Å². The van der Waals surface area contributed by atoms with E-state index in [-0.39, 0.29) is 6.10 Å². The lowest BCUT2D eigenvalue weighted by Gasteiger charge is -2.03. The van der Waals surface area contributed by atoms with Crippen LogP contribution in [0.2, 0.25) is 0 Å². The molecule has 1 atom stereocenters. The Bertz CT molecular complexity index is 332. The molecule has 0 saturated carbocycles. The molecule has 1 aliphatic rings. The van der Waals surface area contributed by atoms with Crippen LogP contribution < -0.4 is 9.92 Å². The summed E-state index contributed by atoms with van der Waals surface area (Å²) in [6.45, 7) is 1.31. The third kappa shape index (κ3) is 2.09. The molecule has 0 bridgehead atoms. The molecule has 3 heteroatoms. The van der Waals surface area contributed by atoms with E-state index in [2.05, 4.69) is 0 Å². The van der Waals surface area contributed by atoms with Crippen LogP contribution in [0.15, 0.2) is 24.3 Å². The van der Waals surface area contributed by atoms with Gasteiger partial charge in [0.05, 0.1) is 6.61 Å². The Labute approximate surface area is 78.6 Å². The molecule has 0 aliphatic carbocycles. The molecule has 1 saturated heterocycles. The Kier molecular flexibility index (Phi) is 1.38. The first kappa shape index (κ1) is 5.04. The molecule has 12 heavy (non-hydrogen) atoms. The van der Waals surface area contributed by atoms with Crippen LogP contribution in [0.1, 0.15) is 0 Å². The van der Waals surface area contributed by atoms with E-state index in [0.29, 0.717) is 17.5 Å². The van der Waals surface area contributed by atoms with Crippen molar-refractivity contribution in [2.45, 2.75) is 6.10 Å². The van der Waals surface area contributed by atoms with Gasteiger partial charge in [-0.15, -0.1) is 0 Å². The summed E-state index contributed by atoms with van der Waals surface area (Å²) in [4.78, 5) is 0. The van der Waals surface area contributed by atoms with E-state index >= 15 is 0 Å². The second-order valence-corrected chi connectivity index (χ2v) is 3.37. The van der Waals surface area contributed by atoms with Gasteiger partial charge in [-0.2, -0.15) is 0 Å².